The van der Waals surface area contributed by atoms with E-state index in [1.807, 2.05) is 0 Å². The zero-order chi connectivity index (χ0) is 18.9. The predicted octanol–water partition coefficient (Wildman–Crippen LogP) is 4.22. The number of hydrogen-bond acceptors (Lipinski definition) is 5. The highest BCUT2D eigenvalue weighted by Gasteiger charge is 2.33. The zero-order valence-corrected chi connectivity index (χ0v) is 15.1. The lowest BCUT2D eigenvalue weighted by atomic mass is 9.96. The van der Waals surface area contributed by atoms with Gasteiger partial charge in [0.15, 0.2) is 0 Å². The van der Waals surface area contributed by atoms with Crippen LogP contribution in [0.25, 0.3) is 0 Å². The summed E-state index contributed by atoms with van der Waals surface area (Å²) < 4.78 is 5.41. The van der Waals surface area contributed by atoms with E-state index in [-0.39, 0.29) is 36.0 Å². The number of nitrogens with one attached hydrogen (secondary N) is 1. The lowest BCUT2D eigenvalue weighted by Gasteiger charge is -2.08. The van der Waals surface area contributed by atoms with Gasteiger partial charge in [-0.2, -0.15) is 0 Å². The summed E-state index contributed by atoms with van der Waals surface area (Å²) in [7, 11) is 0. The Morgan fingerprint density at radius 2 is 1.96 bits per heavy atom. The first kappa shape index (κ1) is 19.9. The van der Waals surface area contributed by atoms with E-state index in [1.165, 1.54) is 37.1 Å². The van der Waals surface area contributed by atoms with Crippen LogP contribution >= 0.6 is 0 Å². The minimum atomic E-state index is -0.490. The topological polar surface area (TPSA) is 98.5 Å². The molecule has 0 bridgehead atoms. The molecule has 7 heteroatoms. The van der Waals surface area contributed by atoms with E-state index in [9.17, 15) is 19.7 Å². The summed E-state index contributed by atoms with van der Waals surface area (Å²) >= 11 is 0. The summed E-state index contributed by atoms with van der Waals surface area (Å²) in [4.78, 5) is 34.1. The van der Waals surface area contributed by atoms with Crippen molar-refractivity contribution in [3.8, 4) is 0 Å². The Labute approximate surface area is 153 Å². The Morgan fingerprint density at radius 1 is 1.23 bits per heavy atom. The molecule has 0 aliphatic carbocycles. The van der Waals surface area contributed by atoms with E-state index in [4.69, 9.17) is 4.74 Å². The van der Waals surface area contributed by atoms with Gasteiger partial charge in [0.2, 0.25) is 5.91 Å². The number of cyclic esters (lactones) is 1. The van der Waals surface area contributed by atoms with Crippen molar-refractivity contribution in [2.75, 3.05) is 5.32 Å². The van der Waals surface area contributed by atoms with Crippen LogP contribution in [0, 0.1) is 16.0 Å². The second kappa shape index (κ2) is 9.89. The Balaban J connectivity index is 1.71. The van der Waals surface area contributed by atoms with Gasteiger partial charge in [0.25, 0.3) is 5.69 Å². The summed E-state index contributed by atoms with van der Waals surface area (Å²) in [6, 6.07) is 5.67. The highest BCUT2D eigenvalue weighted by Crippen LogP contribution is 2.28. The fourth-order valence-corrected chi connectivity index (χ4v) is 3.13. The molecule has 26 heavy (non-hydrogen) atoms. The van der Waals surface area contributed by atoms with Crippen molar-refractivity contribution < 1.29 is 19.2 Å². The number of unbranched alkanes of at least 4 members (excludes halogenated alkanes) is 3. The highest BCUT2D eigenvalue weighted by atomic mass is 16.6. The molecule has 1 aromatic carbocycles. The van der Waals surface area contributed by atoms with Gasteiger partial charge in [0, 0.05) is 24.2 Å². The first-order valence-corrected chi connectivity index (χ1v) is 9.24. The molecule has 142 valence electrons. The minimum absolute atomic E-state index is 0.0120. The number of hydrogen-bond donors (Lipinski definition) is 1. The van der Waals surface area contributed by atoms with Gasteiger partial charge in [-0.15, -0.1) is 0 Å². The number of rotatable bonds is 10. The maximum Gasteiger partial charge on any atom is 0.309 e. The normalized spacial score (nSPS) is 19.2. The standard InChI is InChI=1S/C19H26N2O5/c1-2-3-4-5-6-17-13-14(19(23)26-17)7-12-18(22)20-15-8-10-16(11-9-15)21(24)25/h8-11,14,17H,2-7,12-13H2,1H3,(H,20,22)/t14-,17+/m0/s1. The number of carbonyl (C=O) groups is 2. The third kappa shape index (κ3) is 6.13. The van der Waals surface area contributed by atoms with Crippen molar-refractivity contribution in [2.45, 2.75) is 64.4 Å². The van der Waals surface area contributed by atoms with Crippen LogP contribution in [0.5, 0.6) is 0 Å². The van der Waals surface area contributed by atoms with E-state index >= 15 is 0 Å². The zero-order valence-electron chi connectivity index (χ0n) is 15.1. The molecule has 1 saturated heterocycles. The van der Waals surface area contributed by atoms with Gasteiger partial charge < -0.3 is 10.1 Å². The third-order valence-electron chi connectivity index (χ3n) is 4.62. The van der Waals surface area contributed by atoms with Gasteiger partial charge >= 0.3 is 5.97 Å². The highest BCUT2D eigenvalue weighted by molar-refractivity contribution is 5.91. The van der Waals surface area contributed by atoms with Crippen molar-refractivity contribution in [1.29, 1.82) is 0 Å². The minimum Gasteiger partial charge on any atom is -0.462 e. The van der Waals surface area contributed by atoms with Crippen LogP contribution in [-0.2, 0) is 14.3 Å². The molecule has 2 rings (SSSR count). The van der Waals surface area contributed by atoms with Crippen molar-refractivity contribution in [3.05, 3.63) is 34.4 Å². The molecule has 1 aliphatic heterocycles. The number of anilines is 1. The molecular formula is C19H26N2O5. The molecule has 0 saturated carbocycles. The third-order valence-corrected chi connectivity index (χ3v) is 4.62. The Kier molecular flexibility index (Phi) is 7.56. The Morgan fingerprint density at radius 3 is 2.62 bits per heavy atom. The number of carbonyl (C=O) groups excluding carboxylic acids is 2. The van der Waals surface area contributed by atoms with E-state index < -0.39 is 4.92 Å². The molecule has 1 aliphatic rings. The number of benzene rings is 1. The van der Waals surface area contributed by atoms with Crippen LogP contribution in [0.2, 0.25) is 0 Å². The smallest absolute Gasteiger partial charge is 0.309 e. The average Bonchev–Trinajstić information content (AvgIpc) is 2.97. The molecular weight excluding hydrogens is 336 g/mol. The predicted molar refractivity (Wildman–Crippen MR) is 97.7 cm³/mol. The van der Waals surface area contributed by atoms with Crippen molar-refractivity contribution in [2.24, 2.45) is 5.92 Å². The molecule has 1 N–H and O–H groups in total. The van der Waals surface area contributed by atoms with Crippen molar-refractivity contribution in [3.63, 3.8) is 0 Å². The van der Waals surface area contributed by atoms with E-state index in [0.29, 0.717) is 18.5 Å². The molecule has 0 radical (unpaired) electrons. The van der Waals surface area contributed by atoms with Gasteiger partial charge in [0.05, 0.1) is 10.8 Å². The van der Waals surface area contributed by atoms with Gasteiger partial charge in [-0.3, -0.25) is 19.7 Å². The van der Waals surface area contributed by atoms with Gasteiger partial charge in [0.1, 0.15) is 6.10 Å². The van der Waals surface area contributed by atoms with Crippen LogP contribution in [0.1, 0.15) is 58.3 Å². The van der Waals surface area contributed by atoms with E-state index in [0.717, 1.165) is 19.3 Å². The first-order valence-electron chi connectivity index (χ1n) is 9.24. The van der Waals surface area contributed by atoms with Crippen LogP contribution in [-0.4, -0.2) is 22.9 Å². The molecule has 1 amide bonds. The molecule has 1 aromatic rings. The first-order chi connectivity index (χ1) is 12.5. The molecule has 2 atom stereocenters. The van der Waals surface area contributed by atoms with E-state index in [1.54, 1.807) is 0 Å². The van der Waals surface area contributed by atoms with Crippen LogP contribution < -0.4 is 5.32 Å². The number of nitrogens with zero attached hydrogens (tertiary/aromatic N) is 1. The summed E-state index contributed by atoms with van der Waals surface area (Å²) in [5, 5.41) is 13.3. The van der Waals surface area contributed by atoms with Crippen LogP contribution in [0.15, 0.2) is 24.3 Å². The number of esters is 1. The fraction of sp³-hybridized carbons (Fsp3) is 0.579. The Bertz CT molecular complexity index is 629. The lowest BCUT2D eigenvalue weighted by Crippen LogP contribution is -2.15. The molecule has 0 spiro atoms. The molecule has 1 heterocycles. The maximum absolute atomic E-state index is 12.0. The molecule has 0 aromatic heterocycles. The summed E-state index contributed by atoms with van der Waals surface area (Å²) in [5.41, 5.74) is 0.477. The molecule has 0 unspecified atom stereocenters. The van der Waals surface area contributed by atoms with Gasteiger partial charge in [-0.1, -0.05) is 26.2 Å². The largest absolute Gasteiger partial charge is 0.462 e. The monoisotopic (exact) mass is 362 g/mol. The SMILES string of the molecule is CCCCCC[C@@H]1C[C@H](CCC(=O)Nc2ccc([N+](=O)[O-])cc2)C(=O)O1. The average molecular weight is 362 g/mol. The second-order valence-electron chi connectivity index (χ2n) is 6.73. The fourth-order valence-electron chi connectivity index (χ4n) is 3.13. The van der Waals surface area contributed by atoms with Crippen LogP contribution in [0.3, 0.4) is 0 Å². The second-order valence-corrected chi connectivity index (χ2v) is 6.73. The lowest BCUT2D eigenvalue weighted by molar-refractivity contribution is -0.384. The number of ether oxygens (including phenoxy) is 1. The molecule has 7 nitrogen and oxygen atoms in total. The number of non-ortho nitro benzene ring substituents is 1. The maximum atomic E-state index is 12.0. The summed E-state index contributed by atoms with van der Waals surface area (Å²) in [6.07, 6.45) is 6.87. The van der Waals surface area contributed by atoms with Crippen LogP contribution in [0.4, 0.5) is 11.4 Å². The van der Waals surface area contributed by atoms with Crippen molar-refractivity contribution >= 4 is 23.3 Å². The molecule has 1 fully saturated rings. The van der Waals surface area contributed by atoms with E-state index in [2.05, 4.69) is 12.2 Å². The van der Waals surface area contributed by atoms with Crippen molar-refractivity contribution in [1.82, 2.24) is 0 Å². The summed E-state index contributed by atoms with van der Waals surface area (Å²) in [5.74, 6) is -0.625. The Hall–Kier alpha value is -2.44. The number of amides is 1. The number of nitro benzene ring substituents is 1. The van der Waals surface area contributed by atoms with Gasteiger partial charge in [-0.05, 0) is 37.8 Å². The van der Waals surface area contributed by atoms with Gasteiger partial charge in [-0.25, -0.2) is 0 Å². The quantitative estimate of drug-likeness (QED) is 0.291. The summed E-state index contributed by atoms with van der Waals surface area (Å²) in [6.45, 7) is 2.16. The number of nitro groups is 1.